The number of aromatic nitrogens is 2. The van der Waals surface area contributed by atoms with E-state index >= 15 is 0 Å². The van der Waals surface area contributed by atoms with E-state index in [1.807, 2.05) is 65.5 Å². The fraction of sp³-hybridized carbons (Fsp3) is 0.136. The average Bonchev–Trinajstić information content (AvgIpc) is 2.82. The molecular weight excluding hydrogens is 709 g/mol. The van der Waals surface area contributed by atoms with E-state index in [1.54, 1.807) is 47.3 Å². The zero-order valence-corrected chi connectivity index (χ0v) is 26.8. The fourth-order valence-corrected chi connectivity index (χ4v) is 3.94. The van der Waals surface area contributed by atoms with Crippen molar-refractivity contribution in [3.63, 3.8) is 0 Å². The van der Waals surface area contributed by atoms with Crippen LogP contribution in [0.25, 0.3) is 0 Å². The SMILES string of the molecule is Brc1cccnc1.Brc1cccnc1.C[S-].[CH2-]CN([CH2-])SC.[Cl][Ru]([Cl])=[CH]c1ccccc1.[Li+]. The van der Waals surface area contributed by atoms with Crippen LogP contribution in [0.2, 0.25) is 0 Å². The summed E-state index contributed by atoms with van der Waals surface area (Å²) in [5.41, 5.74) is 1.12. The van der Waals surface area contributed by atoms with Crippen LogP contribution in [0.4, 0.5) is 0 Å². The number of halogens is 4. The Morgan fingerprint density at radius 2 is 1.42 bits per heavy atom. The molecule has 33 heavy (non-hydrogen) atoms. The molecule has 3 nitrogen and oxygen atoms in total. The summed E-state index contributed by atoms with van der Waals surface area (Å²) >= 11 is 10.6. The number of pyridine rings is 2. The number of rotatable bonds is 3. The monoisotopic (exact) mass is 733 g/mol. The van der Waals surface area contributed by atoms with E-state index in [0.29, 0.717) is 0 Å². The third-order valence-corrected chi connectivity index (χ3v) is 6.26. The summed E-state index contributed by atoms with van der Waals surface area (Å²) in [6.45, 7) is 4.36. The molecule has 0 fully saturated rings. The maximum absolute atomic E-state index is 5.67. The Balaban J connectivity index is -0.000000357. The Morgan fingerprint density at radius 3 is 1.64 bits per heavy atom. The molecule has 0 atom stereocenters. The maximum Gasteiger partial charge on any atom is 1.00 e. The van der Waals surface area contributed by atoms with Gasteiger partial charge in [0.2, 0.25) is 0 Å². The van der Waals surface area contributed by atoms with Gasteiger partial charge in [-0.05, 0) is 62.4 Å². The van der Waals surface area contributed by atoms with E-state index in [0.717, 1.165) is 21.1 Å². The number of benzene rings is 1. The normalized spacial score (nSPS) is 8.97. The Kier molecular flexibility index (Phi) is 33.7. The number of hydrogen-bond acceptors (Lipinski definition) is 5. The minimum atomic E-state index is -1.61. The van der Waals surface area contributed by atoms with Gasteiger partial charge in [-0.1, -0.05) is 0 Å². The molecule has 0 amide bonds. The minimum Gasteiger partial charge on any atom is 1.00 e. The van der Waals surface area contributed by atoms with Crippen molar-refractivity contribution in [2.24, 2.45) is 0 Å². The molecule has 2 heterocycles. The van der Waals surface area contributed by atoms with Crippen LogP contribution in [0.5, 0.6) is 0 Å². The molecule has 11 heteroatoms. The Morgan fingerprint density at radius 1 is 0.970 bits per heavy atom. The molecule has 0 saturated carbocycles. The van der Waals surface area contributed by atoms with Gasteiger partial charge in [0.25, 0.3) is 0 Å². The smallest absolute Gasteiger partial charge is 1.00 e. The summed E-state index contributed by atoms with van der Waals surface area (Å²) in [6, 6.07) is 17.5. The second-order valence-electron chi connectivity index (χ2n) is 4.95. The van der Waals surface area contributed by atoms with Crippen LogP contribution in [0.15, 0.2) is 88.3 Å². The van der Waals surface area contributed by atoms with Crippen molar-refractivity contribution in [2.45, 2.75) is 0 Å². The average molecular weight is 735 g/mol. The first-order valence-electron chi connectivity index (χ1n) is 8.70. The van der Waals surface area contributed by atoms with Crippen LogP contribution in [0.1, 0.15) is 5.56 Å². The summed E-state index contributed by atoms with van der Waals surface area (Å²) in [6.07, 6.45) is 10.5. The van der Waals surface area contributed by atoms with E-state index in [4.69, 9.17) is 19.4 Å². The first-order valence-corrected chi connectivity index (χ1v) is 17.8. The minimum absolute atomic E-state index is 0. The van der Waals surface area contributed by atoms with Crippen LogP contribution in [0, 0.1) is 14.0 Å². The van der Waals surface area contributed by atoms with E-state index in [1.165, 1.54) is 0 Å². The van der Waals surface area contributed by atoms with Crippen LogP contribution < -0.4 is 18.9 Å². The third kappa shape index (κ3) is 28.9. The van der Waals surface area contributed by atoms with Gasteiger partial charge in [-0.25, -0.2) is 0 Å². The third-order valence-electron chi connectivity index (χ3n) is 2.75. The number of nitrogens with zero attached hydrogens (tertiary/aromatic N) is 3. The van der Waals surface area contributed by atoms with Crippen molar-refractivity contribution in [3.05, 3.63) is 108 Å². The van der Waals surface area contributed by atoms with E-state index < -0.39 is 13.5 Å². The van der Waals surface area contributed by atoms with Gasteiger partial charge in [0.1, 0.15) is 0 Å². The molecule has 2 aromatic heterocycles. The van der Waals surface area contributed by atoms with Gasteiger partial charge in [-0.15, -0.1) is 11.9 Å². The van der Waals surface area contributed by atoms with Gasteiger partial charge >= 0.3 is 92.3 Å². The molecule has 3 rings (SSSR count). The van der Waals surface area contributed by atoms with Gasteiger partial charge in [-0.2, -0.15) is 12.8 Å². The molecule has 0 spiro atoms. The predicted molar refractivity (Wildman–Crippen MR) is 151 cm³/mol. The summed E-state index contributed by atoms with van der Waals surface area (Å²) in [4.78, 5) is 7.67. The molecule has 0 aliphatic heterocycles. The quantitative estimate of drug-likeness (QED) is 0.167. The van der Waals surface area contributed by atoms with Crippen LogP contribution in [-0.2, 0) is 26.1 Å². The molecule has 0 aliphatic rings. The molecule has 180 valence electrons. The Labute approximate surface area is 251 Å². The summed E-state index contributed by atoms with van der Waals surface area (Å²) in [7, 11) is 14.9. The van der Waals surface area contributed by atoms with Gasteiger partial charge in [0.15, 0.2) is 0 Å². The van der Waals surface area contributed by atoms with Crippen LogP contribution in [0.3, 0.4) is 0 Å². The van der Waals surface area contributed by atoms with Crippen molar-refractivity contribution in [1.82, 2.24) is 14.3 Å². The van der Waals surface area contributed by atoms with Gasteiger partial charge in [0.05, 0.1) is 0 Å². The molecule has 3 aromatic rings. The van der Waals surface area contributed by atoms with Crippen LogP contribution >= 0.6 is 63.2 Å². The fourth-order valence-electron chi connectivity index (χ4n) is 1.39. The largest absolute Gasteiger partial charge is 1.00 e. The zero-order chi connectivity index (χ0) is 24.6. The molecule has 0 bridgehead atoms. The maximum atomic E-state index is 5.67. The van der Waals surface area contributed by atoms with Crippen molar-refractivity contribution < 1.29 is 32.4 Å². The second kappa shape index (κ2) is 29.0. The van der Waals surface area contributed by atoms with E-state index in [2.05, 4.69) is 68.4 Å². The molecule has 1 aromatic carbocycles. The molecule has 0 unspecified atom stereocenters. The van der Waals surface area contributed by atoms with Crippen molar-refractivity contribution in [1.29, 1.82) is 0 Å². The van der Waals surface area contributed by atoms with Crippen molar-refractivity contribution in [3.8, 4) is 0 Å². The first-order chi connectivity index (χ1) is 15.4. The van der Waals surface area contributed by atoms with Crippen LogP contribution in [-0.4, -0.2) is 37.9 Å². The summed E-state index contributed by atoms with van der Waals surface area (Å²) in [5.74, 6) is 0. The predicted octanol–water partition coefficient (Wildman–Crippen LogP) is 4.81. The van der Waals surface area contributed by atoms with Gasteiger partial charge in [-0.3, -0.25) is 17.0 Å². The van der Waals surface area contributed by atoms with E-state index in [9.17, 15) is 0 Å². The Hall–Kier alpha value is 0.811. The molecule has 0 aliphatic carbocycles. The second-order valence-corrected chi connectivity index (χ2v) is 13.4. The van der Waals surface area contributed by atoms with Crippen molar-refractivity contribution >= 4 is 80.4 Å². The Bertz CT molecular complexity index is 767. The molecule has 0 N–H and O–H groups in total. The molecule has 0 radical (unpaired) electrons. The topological polar surface area (TPSA) is 29.0 Å². The first kappa shape index (κ1) is 38.3. The van der Waals surface area contributed by atoms with E-state index in [-0.39, 0.29) is 18.9 Å². The molecule has 0 saturated heterocycles. The standard InChI is InChI=1S/C7H6.2C5H4BrN.C4H9NS.CH4S.2ClH.Li.Ru/c1-7-5-3-2-4-6-7;2*6-5-2-1-3-7-4-5;1-4-5(2)6-3;1-2;;;;/h1-6H;2*1-4H;1-2,4H2,3H3;2H,1H3;2*1H;;/q;;;-2;;;;+1;+2/p-3. The molecular formula is C22H26Br2Cl2LiN3RuS2-2. The van der Waals surface area contributed by atoms with Gasteiger partial charge < -0.3 is 23.9 Å². The summed E-state index contributed by atoms with van der Waals surface area (Å²) < 4.78 is 5.78. The summed E-state index contributed by atoms with van der Waals surface area (Å²) in [5, 5.41) is 0. The zero-order valence-electron chi connectivity index (χ0n) is 18.7. The number of hydrogen-bond donors (Lipinski definition) is 0. The van der Waals surface area contributed by atoms with Gasteiger partial charge in [0, 0.05) is 33.7 Å². The van der Waals surface area contributed by atoms with Crippen molar-refractivity contribution in [2.75, 3.05) is 19.1 Å².